The summed E-state index contributed by atoms with van der Waals surface area (Å²) in [5.74, 6) is 1.24. The molecule has 9 heteroatoms. The molecule has 152 valence electrons. The van der Waals surface area contributed by atoms with E-state index in [9.17, 15) is 14.4 Å². The minimum absolute atomic E-state index is 0.225. The van der Waals surface area contributed by atoms with E-state index in [1.54, 1.807) is 14.2 Å². The van der Waals surface area contributed by atoms with Crippen molar-refractivity contribution in [1.82, 2.24) is 18.7 Å². The molecular weight excluding hydrogens is 374 g/mol. The Morgan fingerprint density at radius 1 is 1.24 bits per heavy atom. The van der Waals surface area contributed by atoms with Gasteiger partial charge in [-0.05, 0) is 25.0 Å². The lowest BCUT2D eigenvalue weighted by Crippen LogP contribution is -2.41. The van der Waals surface area contributed by atoms with E-state index >= 15 is 0 Å². The number of methoxy groups -OCH3 is 1. The number of rotatable bonds is 4. The van der Waals surface area contributed by atoms with E-state index in [2.05, 4.69) is 11.9 Å². The van der Waals surface area contributed by atoms with Crippen molar-refractivity contribution in [1.29, 1.82) is 0 Å². The molecule has 1 atom stereocenters. The third kappa shape index (κ3) is 2.93. The van der Waals surface area contributed by atoms with Crippen LogP contribution in [0.5, 0.6) is 5.75 Å². The SMILES string of the molecule is COc1ccccc1N1C[C@@H](C)Cn2c1nc1c2c(=O)n(CC(C)=O)c(=O)n1C. The highest BCUT2D eigenvalue weighted by molar-refractivity contribution is 5.79. The highest BCUT2D eigenvalue weighted by Gasteiger charge is 2.31. The summed E-state index contributed by atoms with van der Waals surface area (Å²) in [6, 6.07) is 7.62. The average Bonchev–Trinajstić information content (AvgIpc) is 3.08. The van der Waals surface area contributed by atoms with E-state index in [1.165, 1.54) is 11.5 Å². The maximum Gasteiger partial charge on any atom is 0.332 e. The first kappa shape index (κ1) is 19.0. The predicted octanol–water partition coefficient (Wildman–Crippen LogP) is 1.28. The number of hydrogen-bond acceptors (Lipinski definition) is 6. The maximum atomic E-state index is 13.1. The number of para-hydroxylation sites is 2. The fourth-order valence-electron chi connectivity index (χ4n) is 3.92. The molecule has 3 heterocycles. The van der Waals surface area contributed by atoms with Crippen LogP contribution in [-0.2, 0) is 24.9 Å². The first-order valence-corrected chi connectivity index (χ1v) is 9.43. The minimum Gasteiger partial charge on any atom is -0.495 e. The number of aryl methyl sites for hydroxylation is 1. The first-order chi connectivity index (χ1) is 13.8. The molecule has 0 spiro atoms. The fourth-order valence-corrected chi connectivity index (χ4v) is 3.92. The molecule has 0 N–H and O–H groups in total. The molecule has 0 amide bonds. The zero-order valence-corrected chi connectivity index (χ0v) is 16.9. The van der Waals surface area contributed by atoms with Gasteiger partial charge in [0.2, 0.25) is 5.95 Å². The van der Waals surface area contributed by atoms with E-state index in [-0.39, 0.29) is 18.2 Å². The second-order valence-corrected chi connectivity index (χ2v) is 7.52. The molecule has 0 saturated carbocycles. The molecule has 1 aromatic carbocycles. The molecule has 0 bridgehead atoms. The van der Waals surface area contributed by atoms with E-state index in [0.717, 1.165) is 10.3 Å². The molecule has 2 aromatic heterocycles. The van der Waals surface area contributed by atoms with Gasteiger partial charge in [0.25, 0.3) is 5.56 Å². The quantitative estimate of drug-likeness (QED) is 0.659. The van der Waals surface area contributed by atoms with Crippen LogP contribution in [-0.4, -0.2) is 38.1 Å². The van der Waals surface area contributed by atoms with Crippen LogP contribution >= 0.6 is 0 Å². The standard InChI is InChI=1S/C20H23N5O4/c1-12-9-23(14-7-5-6-8-15(14)29-4)19-21-17-16(24(19)10-12)18(27)25(11-13(2)26)20(28)22(17)3/h5-8,12H,9-11H2,1-4H3/t12-/m1/s1. The van der Waals surface area contributed by atoms with Gasteiger partial charge >= 0.3 is 5.69 Å². The van der Waals surface area contributed by atoms with Crippen molar-refractivity contribution < 1.29 is 9.53 Å². The zero-order valence-electron chi connectivity index (χ0n) is 16.9. The van der Waals surface area contributed by atoms with Crippen LogP contribution < -0.4 is 20.9 Å². The van der Waals surface area contributed by atoms with E-state index in [0.29, 0.717) is 36.0 Å². The van der Waals surface area contributed by atoms with Gasteiger partial charge in [-0.15, -0.1) is 0 Å². The number of aromatic nitrogens is 4. The molecule has 4 rings (SSSR count). The highest BCUT2D eigenvalue weighted by Crippen LogP contribution is 2.37. The van der Waals surface area contributed by atoms with Crippen LogP contribution in [0.4, 0.5) is 11.6 Å². The monoisotopic (exact) mass is 397 g/mol. The summed E-state index contributed by atoms with van der Waals surface area (Å²) in [7, 11) is 3.18. The lowest BCUT2D eigenvalue weighted by atomic mass is 10.1. The number of carbonyl (C=O) groups excluding carboxylic acids is 1. The Hall–Kier alpha value is -3.36. The smallest absolute Gasteiger partial charge is 0.332 e. The van der Waals surface area contributed by atoms with Crippen molar-refractivity contribution in [2.45, 2.75) is 26.9 Å². The Morgan fingerprint density at radius 2 is 1.97 bits per heavy atom. The van der Waals surface area contributed by atoms with Crippen molar-refractivity contribution >= 4 is 28.6 Å². The largest absolute Gasteiger partial charge is 0.495 e. The van der Waals surface area contributed by atoms with Crippen LogP contribution in [0, 0.1) is 5.92 Å². The van der Waals surface area contributed by atoms with Gasteiger partial charge in [-0.1, -0.05) is 19.1 Å². The number of ketones is 1. The van der Waals surface area contributed by atoms with Gasteiger partial charge < -0.3 is 14.2 Å². The summed E-state index contributed by atoms with van der Waals surface area (Å²) in [5, 5.41) is 0. The summed E-state index contributed by atoms with van der Waals surface area (Å²) in [6.07, 6.45) is 0. The number of Topliss-reactive ketones (excluding diaryl/α,β-unsaturated/α-hetero) is 1. The van der Waals surface area contributed by atoms with Crippen LogP contribution in [0.25, 0.3) is 11.2 Å². The predicted molar refractivity (Wildman–Crippen MR) is 109 cm³/mol. The summed E-state index contributed by atoms with van der Waals surface area (Å²) in [5.41, 5.74) is 0.432. The summed E-state index contributed by atoms with van der Waals surface area (Å²) < 4.78 is 9.66. The number of benzene rings is 1. The Bertz CT molecular complexity index is 1240. The summed E-state index contributed by atoms with van der Waals surface area (Å²) in [6.45, 7) is 4.47. The van der Waals surface area contributed by atoms with E-state index in [4.69, 9.17) is 4.74 Å². The van der Waals surface area contributed by atoms with Crippen molar-refractivity contribution in [3.8, 4) is 5.75 Å². The van der Waals surface area contributed by atoms with Gasteiger partial charge in [0.05, 0.1) is 19.3 Å². The third-order valence-electron chi connectivity index (χ3n) is 5.20. The van der Waals surface area contributed by atoms with Gasteiger partial charge in [0, 0.05) is 20.1 Å². The molecule has 0 unspecified atom stereocenters. The average molecular weight is 397 g/mol. The van der Waals surface area contributed by atoms with Crippen LogP contribution in [0.2, 0.25) is 0 Å². The molecule has 0 radical (unpaired) electrons. The van der Waals surface area contributed by atoms with Crippen LogP contribution in [0.3, 0.4) is 0 Å². The number of hydrogen-bond donors (Lipinski definition) is 0. The van der Waals surface area contributed by atoms with E-state index in [1.807, 2.05) is 33.7 Å². The molecule has 0 fully saturated rings. The molecule has 3 aromatic rings. The molecular formula is C20H23N5O4. The van der Waals surface area contributed by atoms with E-state index < -0.39 is 11.2 Å². The first-order valence-electron chi connectivity index (χ1n) is 9.43. The lowest BCUT2D eigenvalue weighted by Gasteiger charge is -2.33. The molecule has 0 saturated heterocycles. The Kier molecular flexibility index (Phi) is 4.52. The lowest BCUT2D eigenvalue weighted by molar-refractivity contribution is -0.117. The number of nitrogens with zero attached hydrogens (tertiary/aromatic N) is 5. The number of anilines is 2. The number of imidazole rings is 1. The highest BCUT2D eigenvalue weighted by atomic mass is 16.5. The molecule has 0 aliphatic carbocycles. The van der Waals surface area contributed by atoms with Gasteiger partial charge in [0.15, 0.2) is 11.2 Å². The second kappa shape index (κ2) is 6.91. The Labute approximate surface area is 166 Å². The van der Waals surface area contributed by atoms with Gasteiger partial charge in [-0.25, -0.2) is 4.79 Å². The summed E-state index contributed by atoms with van der Waals surface area (Å²) in [4.78, 5) is 44.1. The normalized spacial score (nSPS) is 16.1. The minimum atomic E-state index is -0.551. The Morgan fingerprint density at radius 3 is 2.66 bits per heavy atom. The maximum absolute atomic E-state index is 13.1. The number of carbonyl (C=O) groups is 1. The van der Waals surface area contributed by atoms with Gasteiger partial charge in [-0.2, -0.15) is 4.98 Å². The van der Waals surface area contributed by atoms with Gasteiger partial charge in [-0.3, -0.25) is 18.7 Å². The molecule has 9 nitrogen and oxygen atoms in total. The Balaban J connectivity index is 2.03. The molecule has 1 aliphatic rings. The summed E-state index contributed by atoms with van der Waals surface area (Å²) >= 11 is 0. The van der Waals surface area contributed by atoms with Crippen molar-refractivity contribution in [3.63, 3.8) is 0 Å². The van der Waals surface area contributed by atoms with Crippen LogP contribution in [0.15, 0.2) is 33.9 Å². The van der Waals surface area contributed by atoms with Crippen molar-refractivity contribution in [2.75, 3.05) is 18.6 Å². The fraction of sp³-hybridized carbons (Fsp3) is 0.400. The third-order valence-corrected chi connectivity index (χ3v) is 5.20. The van der Waals surface area contributed by atoms with Crippen LogP contribution in [0.1, 0.15) is 13.8 Å². The van der Waals surface area contributed by atoms with Gasteiger partial charge in [0.1, 0.15) is 11.5 Å². The number of ether oxygens (including phenoxy) is 1. The second-order valence-electron chi connectivity index (χ2n) is 7.52. The number of fused-ring (bicyclic) bond motifs is 3. The van der Waals surface area contributed by atoms with Crippen molar-refractivity contribution in [2.24, 2.45) is 13.0 Å². The molecule has 29 heavy (non-hydrogen) atoms. The molecule has 1 aliphatic heterocycles. The van der Waals surface area contributed by atoms with Crippen molar-refractivity contribution in [3.05, 3.63) is 45.1 Å². The zero-order chi connectivity index (χ0) is 20.9. The topological polar surface area (TPSA) is 91.4 Å².